The van der Waals surface area contributed by atoms with Gasteiger partial charge in [-0.3, -0.25) is 14.4 Å². The van der Waals surface area contributed by atoms with Crippen LogP contribution < -0.4 is 11.1 Å². The second-order valence-electron chi connectivity index (χ2n) is 5.31. The SMILES string of the molecule is Cc1nn(C)c(N)c1CN1CCNC(=O)C1(C)C. The minimum Gasteiger partial charge on any atom is -0.384 e. The highest BCUT2D eigenvalue weighted by Gasteiger charge is 2.38. The number of hydrogen-bond donors (Lipinski definition) is 2. The number of nitrogens with one attached hydrogen (secondary N) is 1. The molecule has 1 aliphatic heterocycles. The second kappa shape index (κ2) is 4.28. The van der Waals surface area contributed by atoms with E-state index in [2.05, 4.69) is 15.3 Å². The number of piperazine rings is 1. The zero-order valence-electron chi connectivity index (χ0n) is 11.4. The molecule has 1 fully saturated rings. The molecule has 0 saturated carbocycles. The molecule has 1 aromatic rings. The lowest BCUT2D eigenvalue weighted by molar-refractivity contribution is -0.135. The molecule has 1 amide bonds. The molecule has 18 heavy (non-hydrogen) atoms. The molecule has 0 bridgehead atoms. The van der Waals surface area contributed by atoms with Gasteiger partial charge in [-0.05, 0) is 20.8 Å². The summed E-state index contributed by atoms with van der Waals surface area (Å²) in [6.45, 7) is 7.98. The molecule has 0 radical (unpaired) electrons. The fourth-order valence-corrected chi connectivity index (χ4v) is 2.33. The summed E-state index contributed by atoms with van der Waals surface area (Å²) in [6, 6.07) is 0. The first-order valence-electron chi connectivity index (χ1n) is 6.15. The van der Waals surface area contributed by atoms with Gasteiger partial charge in [-0.2, -0.15) is 5.10 Å². The van der Waals surface area contributed by atoms with Gasteiger partial charge in [-0.15, -0.1) is 0 Å². The molecule has 1 saturated heterocycles. The Hall–Kier alpha value is -1.56. The van der Waals surface area contributed by atoms with E-state index in [9.17, 15) is 4.79 Å². The summed E-state index contributed by atoms with van der Waals surface area (Å²) in [5, 5.41) is 7.20. The monoisotopic (exact) mass is 251 g/mol. The molecule has 1 aromatic heterocycles. The van der Waals surface area contributed by atoms with Gasteiger partial charge < -0.3 is 11.1 Å². The van der Waals surface area contributed by atoms with Gasteiger partial charge in [0.25, 0.3) is 0 Å². The Labute approximate surface area is 107 Å². The van der Waals surface area contributed by atoms with Crippen LogP contribution in [0.3, 0.4) is 0 Å². The van der Waals surface area contributed by atoms with Crippen LogP contribution in [0.1, 0.15) is 25.1 Å². The van der Waals surface area contributed by atoms with Crippen molar-refractivity contribution in [3.8, 4) is 0 Å². The first-order valence-corrected chi connectivity index (χ1v) is 6.15. The number of rotatable bonds is 2. The molecule has 2 rings (SSSR count). The maximum Gasteiger partial charge on any atom is 0.240 e. The molecular weight excluding hydrogens is 230 g/mol. The Morgan fingerprint density at radius 1 is 1.50 bits per heavy atom. The topological polar surface area (TPSA) is 76.2 Å². The number of carbonyl (C=O) groups excluding carboxylic acids is 1. The van der Waals surface area contributed by atoms with Gasteiger partial charge in [0, 0.05) is 32.2 Å². The number of nitrogen functional groups attached to an aromatic ring is 1. The van der Waals surface area contributed by atoms with Gasteiger partial charge in [0.15, 0.2) is 0 Å². The van der Waals surface area contributed by atoms with Crippen LogP contribution in [0.25, 0.3) is 0 Å². The summed E-state index contributed by atoms with van der Waals surface area (Å²) >= 11 is 0. The van der Waals surface area contributed by atoms with Crippen LogP contribution in [0.2, 0.25) is 0 Å². The van der Waals surface area contributed by atoms with Crippen LogP contribution in [-0.4, -0.2) is 39.2 Å². The predicted molar refractivity (Wildman–Crippen MR) is 69.9 cm³/mol. The number of amides is 1. The molecule has 6 nitrogen and oxygen atoms in total. The lowest BCUT2D eigenvalue weighted by Gasteiger charge is -2.41. The van der Waals surface area contributed by atoms with Crippen LogP contribution in [0.15, 0.2) is 0 Å². The maximum absolute atomic E-state index is 11.9. The van der Waals surface area contributed by atoms with Crippen LogP contribution in [0, 0.1) is 6.92 Å². The van der Waals surface area contributed by atoms with Crippen molar-refractivity contribution in [3.63, 3.8) is 0 Å². The van der Waals surface area contributed by atoms with Crippen molar-refractivity contribution < 1.29 is 4.79 Å². The molecular formula is C12H21N5O. The Bertz CT molecular complexity index is 477. The van der Waals surface area contributed by atoms with Crippen molar-refractivity contribution in [1.82, 2.24) is 20.0 Å². The van der Waals surface area contributed by atoms with E-state index in [1.807, 2.05) is 27.8 Å². The van der Waals surface area contributed by atoms with Crippen LogP contribution >= 0.6 is 0 Å². The van der Waals surface area contributed by atoms with Crippen LogP contribution in [0.5, 0.6) is 0 Å². The molecule has 0 unspecified atom stereocenters. The fourth-order valence-electron chi connectivity index (χ4n) is 2.33. The third-order valence-electron chi connectivity index (χ3n) is 3.76. The van der Waals surface area contributed by atoms with Crippen molar-refractivity contribution in [2.45, 2.75) is 32.9 Å². The first kappa shape index (κ1) is 12.9. The summed E-state index contributed by atoms with van der Waals surface area (Å²) < 4.78 is 1.68. The molecule has 6 heteroatoms. The number of anilines is 1. The quantitative estimate of drug-likeness (QED) is 0.777. The second-order valence-corrected chi connectivity index (χ2v) is 5.31. The predicted octanol–water partition coefficient (Wildman–Crippen LogP) is 0.0211. The highest BCUT2D eigenvalue weighted by molar-refractivity contribution is 5.86. The van der Waals surface area contributed by atoms with Crippen molar-refractivity contribution >= 4 is 11.7 Å². The van der Waals surface area contributed by atoms with Crippen LogP contribution in [-0.2, 0) is 18.4 Å². The van der Waals surface area contributed by atoms with Crippen LogP contribution in [0.4, 0.5) is 5.82 Å². The number of aryl methyl sites for hydroxylation is 2. The Morgan fingerprint density at radius 3 is 2.72 bits per heavy atom. The number of hydrogen-bond acceptors (Lipinski definition) is 4. The van der Waals surface area contributed by atoms with Crippen molar-refractivity contribution in [2.24, 2.45) is 7.05 Å². The van der Waals surface area contributed by atoms with E-state index in [1.165, 1.54) is 0 Å². The lowest BCUT2D eigenvalue weighted by atomic mass is 9.98. The molecule has 1 aliphatic rings. The van der Waals surface area contributed by atoms with E-state index in [4.69, 9.17) is 5.73 Å². The first-order chi connectivity index (χ1) is 8.34. The highest BCUT2D eigenvalue weighted by atomic mass is 16.2. The van der Waals surface area contributed by atoms with Gasteiger partial charge in [-0.25, -0.2) is 0 Å². The molecule has 3 N–H and O–H groups in total. The average molecular weight is 251 g/mol. The summed E-state index contributed by atoms with van der Waals surface area (Å²) in [4.78, 5) is 14.0. The van der Waals surface area contributed by atoms with Crippen molar-refractivity contribution in [3.05, 3.63) is 11.3 Å². The third-order valence-corrected chi connectivity index (χ3v) is 3.76. The number of carbonyl (C=O) groups is 1. The maximum atomic E-state index is 11.9. The largest absolute Gasteiger partial charge is 0.384 e. The minimum atomic E-state index is -0.507. The van der Waals surface area contributed by atoms with Gasteiger partial charge in [0.1, 0.15) is 5.82 Å². The zero-order valence-corrected chi connectivity index (χ0v) is 11.4. The normalized spacial score (nSPS) is 19.9. The fraction of sp³-hybridized carbons (Fsp3) is 0.667. The standard InChI is InChI=1S/C12H21N5O/c1-8-9(10(13)16(4)15-8)7-17-6-5-14-11(18)12(17,2)3/h5-7,13H2,1-4H3,(H,14,18). The zero-order chi connectivity index (χ0) is 13.5. The number of nitrogens with zero attached hydrogens (tertiary/aromatic N) is 3. The Morgan fingerprint density at radius 2 is 2.17 bits per heavy atom. The van der Waals surface area contributed by atoms with E-state index < -0.39 is 5.54 Å². The molecule has 0 atom stereocenters. The van der Waals surface area contributed by atoms with Gasteiger partial charge in [0.2, 0.25) is 5.91 Å². The summed E-state index contributed by atoms with van der Waals surface area (Å²) in [5.41, 5.74) is 7.45. The Kier molecular flexibility index (Phi) is 3.06. The summed E-state index contributed by atoms with van der Waals surface area (Å²) in [7, 11) is 1.83. The lowest BCUT2D eigenvalue weighted by Crippen LogP contribution is -2.61. The molecule has 0 aromatic carbocycles. The van der Waals surface area contributed by atoms with E-state index in [1.54, 1.807) is 4.68 Å². The van der Waals surface area contributed by atoms with Crippen molar-refractivity contribution in [2.75, 3.05) is 18.8 Å². The molecule has 100 valence electrons. The summed E-state index contributed by atoms with van der Waals surface area (Å²) in [5.74, 6) is 0.739. The minimum absolute atomic E-state index is 0.0638. The highest BCUT2D eigenvalue weighted by Crippen LogP contribution is 2.24. The third kappa shape index (κ3) is 1.96. The number of nitrogens with two attached hydrogens (primary N) is 1. The van der Waals surface area contributed by atoms with Gasteiger partial charge >= 0.3 is 0 Å². The smallest absolute Gasteiger partial charge is 0.240 e. The number of aromatic nitrogens is 2. The molecule has 2 heterocycles. The molecule has 0 aliphatic carbocycles. The van der Waals surface area contributed by atoms with E-state index >= 15 is 0 Å². The van der Waals surface area contributed by atoms with E-state index in [0.29, 0.717) is 18.9 Å². The van der Waals surface area contributed by atoms with E-state index in [0.717, 1.165) is 17.8 Å². The van der Waals surface area contributed by atoms with Crippen molar-refractivity contribution in [1.29, 1.82) is 0 Å². The molecule has 0 spiro atoms. The Balaban J connectivity index is 2.25. The summed E-state index contributed by atoms with van der Waals surface area (Å²) in [6.07, 6.45) is 0. The average Bonchev–Trinajstić information content (AvgIpc) is 2.52. The van der Waals surface area contributed by atoms with Gasteiger partial charge in [-0.1, -0.05) is 0 Å². The van der Waals surface area contributed by atoms with Gasteiger partial charge in [0.05, 0.1) is 11.2 Å². The van der Waals surface area contributed by atoms with E-state index in [-0.39, 0.29) is 5.91 Å².